The normalized spacial score (nSPS) is 19.6. The highest BCUT2D eigenvalue weighted by molar-refractivity contribution is 5.12. The summed E-state index contributed by atoms with van der Waals surface area (Å²) in [4.78, 5) is 4.16. The topological polar surface area (TPSA) is 24.9 Å². The Bertz CT molecular complexity index is 291. The summed E-state index contributed by atoms with van der Waals surface area (Å²) in [5.41, 5.74) is 1.29. The maximum atomic E-state index is 4.16. The Morgan fingerprint density at radius 3 is 2.88 bits per heavy atom. The van der Waals surface area contributed by atoms with Crippen LogP contribution in [0, 0.1) is 5.92 Å². The highest BCUT2D eigenvalue weighted by Crippen LogP contribution is 2.23. The summed E-state index contributed by atoms with van der Waals surface area (Å²) in [6.45, 7) is 3.38. The third-order valence-electron chi connectivity index (χ3n) is 3.62. The van der Waals surface area contributed by atoms with Gasteiger partial charge in [-0.1, -0.05) is 25.3 Å². The van der Waals surface area contributed by atoms with E-state index in [1.54, 1.807) is 0 Å². The molecular weight excluding hydrogens is 196 g/mol. The van der Waals surface area contributed by atoms with Gasteiger partial charge in [0.2, 0.25) is 0 Å². The number of rotatable bonds is 4. The molecule has 2 nitrogen and oxygen atoms in total. The minimum Gasteiger partial charge on any atom is -0.310 e. The molecule has 0 spiro atoms. The molecule has 2 heteroatoms. The van der Waals surface area contributed by atoms with Crippen molar-refractivity contribution in [1.29, 1.82) is 0 Å². The van der Waals surface area contributed by atoms with E-state index in [4.69, 9.17) is 0 Å². The second-order valence-corrected chi connectivity index (χ2v) is 4.92. The molecular formula is C14H22N2. The van der Waals surface area contributed by atoms with Crippen molar-refractivity contribution in [3.63, 3.8) is 0 Å². The third-order valence-corrected chi connectivity index (χ3v) is 3.62. The lowest BCUT2D eigenvalue weighted by Gasteiger charge is -2.24. The fourth-order valence-corrected chi connectivity index (χ4v) is 2.48. The molecule has 1 N–H and O–H groups in total. The molecule has 88 valence electrons. The Hall–Kier alpha value is -0.890. The first-order valence-electron chi connectivity index (χ1n) is 6.49. The fourth-order valence-electron chi connectivity index (χ4n) is 2.48. The molecule has 0 saturated heterocycles. The molecule has 16 heavy (non-hydrogen) atoms. The molecule has 1 aromatic rings. The first-order valence-corrected chi connectivity index (χ1v) is 6.49. The number of nitrogens with one attached hydrogen (secondary N) is 1. The Labute approximate surface area is 98.5 Å². The number of pyridine rings is 1. The van der Waals surface area contributed by atoms with Crippen molar-refractivity contribution in [3.05, 3.63) is 30.1 Å². The summed E-state index contributed by atoms with van der Waals surface area (Å²) < 4.78 is 0. The van der Waals surface area contributed by atoms with E-state index >= 15 is 0 Å². The summed E-state index contributed by atoms with van der Waals surface area (Å²) in [6, 6.07) is 4.58. The van der Waals surface area contributed by atoms with E-state index in [1.165, 1.54) is 37.7 Å². The lowest BCUT2D eigenvalue weighted by atomic mass is 9.89. The summed E-state index contributed by atoms with van der Waals surface area (Å²) >= 11 is 0. The number of aromatic nitrogens is 1. The number of nitrogens with zero attached hydrogens (tertiary/aromatic N) is 1. The van der Waals surface area contributed by atoms with Crippen LogP contribution in [-0.4, -0.2) is 11.5 Å². The molecule has 1 fully saturated rings. The minimum absolute atomic E-state index is 0.427. The van der Waals surface area contributed by atoms with E-state index in [-0.39, 0.29) is 0 Å². The van der Waals surface area contributed by atoms with Gasteiger partial charge in [0, 0.05) is 18.4 Å². The van der Waals surface area contributed by atoms with Crippen molar-refractivity contribution in [3.8, 4) is 0 Å². The van der Waals surface area contributed by atoms with Crippen molar-refractivity contribution < 1.29 is 0 Å². The maximum Gasteiger partial charge on any atom is 0.0315 e. The van der Waals surface area contributed by atoms with Crippen LogP contribution in [0.1, 0.15) is 50.6 Å². The molecule has 0 radical (unpaired) electrons. The van der Waals surface area contributed by atoms with E-state index < -0.39 is 0 Å². The highest BCUT2D eigenvalue weighted by Gasteiger charge is 2.14. The number of hydrogen-bond donors (Lipinski definition) is 1. The zero-order chi connectivity index (χ0) is 11.2. The van der Waals surface area contributed by atoms with Gasteiger partial charge in [0.1, 0.15) is 0 Å². The minimum atomic E-state index is 0.427. The van der Waals surface area contributed by atoms with Crippen LogP contribution in [0.3, 0.4) is 0 Å². The Kier molecular flexibility index (Phi) is 4.34. The molecule has 1 aliphatic rings. The van der Waals surface area contributed by atoms with Gasteiger partial charge in [-0.25, -0.2) is 0 Å². The molecule has 0 aliphatic heterocycles. The summed E-state index contributed by atoms with van der Waals surface area (Å²) in [5, 5.41) is 3.63. The average Bonchev–Trinajstić information content (AvgIpc) is 2.38. The lowest BCUT2D eigenvalue weighted by molar-refractivity contribution is 0.331. The van der Waals surface area contributed by atoms with Gasteiger partial charge in [-0.2, -0.15) is 0 Å². The van der Waals surface area contributed by atoms with Gasteiger partial charge < -0.3 is 5.32 Å². The van der Waals surface area contributed by atoms with E-state index in [2.05, 4.69) is 23.3 Å². The van der Waals surface area contributed by atoms with Crippen LogP contribution < -0.4 is 5.32 Å². The Morgan fingerprint density at radius 2 is 2.19 bits per heavy atom. The zero-order valence-corrected chi connectivity index (χ0v) is 10.2. The Balaban J connectivity index is 1.77. The molecule has 0 amide bonds. The molecule has 2 rings (SSSR count). The first kappa shape index (κ1) is 11.6. The van der Waals surface area contributed by atoms with E-state index in [1.807, 2.05) is 18.5 Å². The van der Waals surface area contributed by atoms with E-state index in [0.717, 1.165) is 12.5 Å². The highest BCUT2D eigenvalue weighted by atomic mass is 14.9. The van der Waals surface area contributed by atoms with E-state index in [0.29, 0.717) is 6.04 Å². The van der Waals surface area contributed by atoms with Crippen LogP contribution >= 0.6 is 0 Å². The fraction of sp³-hybridized carbons (Fsp3) is 0.643. The molecule has 1 heterocycles. The van der Waals surface area contributed by atoms with Crippen LogP contribution in [0.4, 0.5) is 0 Å². The summed E-state index contributed by atoms with van der Waals surface area (Å²) in [7, 11) is 0. The summed E-state index contributed by atoms with van der Waals surface area (Å²) in [5.74, 6) is 0.896. The van der Waals surface area contributed by atoms with Crippen LogP contribution in [-0.2, 0) is 0 Å². The van der Waals surface area contributed by atoms with Gasteiger partial charge in [-0.05, 0) is 43.9 Å². The quantitative estimate of drug-likeness (QED) is 0.838. The SMILES string of the molecule is C[C@@H](NCC1CCCCC1)c1cccnc1. The largest absolute Gasteiger partial charge is 0.310 e. The van der Waals surface area contributed by atoms with Gasteiger partial charge in [-0.15, -0.1) is 0 Å². The van der Waals surface area contributed by atoms with Gasteiger partial charge in [0.05, 0.1) is 0 Å². The first-order chi connectivity index (χ1) is 7.86. The molecule has 0 aromatic carbocycles. The summed E-state index contributed by atoms with van der Waals surface area (Å²) in [6.07, 6.45) is 10.9. The zero-order valence-electron chi connectivity index (χ0n) is 10.2. The predicted octanol–water partition coefficient (Wildman–Crippen LogP) is 3.31. The van der Waals surface area contributed by atoms with Gasteiger partial charge in [0.15, 0.2) is 0 Å². The molecule has 0 bridgehead atoms. The van der Waals surface area contributed by atoms with Crippen molar-refractivity contribution >= 4 is 0 Å². The molecule has 1 saturated carbocycles. The van der Waals surface area contributed by atoms with Crippen LogP contribution in [0.15, 0.2) is 24.5 Å². The van der Waals surface area contributed by atoms with Crippen molar-refractivity contribution in [2.24, 2.45) is 5.92 Å². The average molecular weight is 218 g/mol. The molecule has 0 unspecified atom stereocenters. The Morgan fingerprint density at radius 1 is 1.38 bits per heavy atom. The van der Waals surface area contributed by atoms with Crippen molar-refractivity contribution in [2.75, 3.05) is 6.54 Å². The van der Waals surface area contributed by atoms with Gasteiger partial charge >= 0.3 is 0 Å². The van der Waals surface area contributed by atoms with Crippen molar-refractivity contribution in [2.45, 2.75) is 45.1 Å². The van der Waals surface area contributed by atoms with Crippen LogP contribution in [0.5, 0.6) is 0 Å². The standard InChI is InChI=1S/C14H22N2/c1-12(14-8-5-9-15-11-14)16-10-13-6-3-2-4-7-13/h5,8-9,11-13,16H,2-4,6-7,10H2,1H3/t12-/m1/s1. The third kappa shape index (κ3) is 3.31. The second-order valence-electron chi connectivity index (χ2n) is 4.92. The van der Waals surface area contributed by atoms with Gasteiger partial charge in [-0.3, -0.25) is 4.98 Å². The van der Waals surface area contributed by atoms with Crippen LogP contribution in [0.25, 0.3) is 0 Å². The van der Waals surface area contributed by atoms with Crippen molar-refractivity contribution in [1.82, 2.24) is 10.3 Å². The lowest BCUT2D eigenvalue weighted by Crippen LogP contribution is -2.27. The van der Waals surface area contributed by atoms with Gasteiger partial charge in [0.25, 0.3) is 0 Å². The smallest absolute Gasteiger partial charge is 0.0315 e. The second kappa shape index (κ2) is 6.00. The molecule has 1 atom stereocenters. The monoisotopic (exact) mass is 218 g/mol. The molecule has 1 aromatic heterocycles. The van der Waals surface area contributed by atoms with Crippen LogP contribution in [0.2, 0.25) is 0 Å². The maximum absolute atomic E-state index is 4.16. The predicted molar refractivity (Wildman–Crippen MR) is 67.2 cm³/mol. The van der Waals surface area contributed by atoms with E-state index in [9.17, 15) is 0 Å². The number of hydrogen-bond acceptors (Lipinski definition) is 2. The molecule has 1 aliphatic carbocycles.